The maximum atomic E-state index is 5.69. The van der Waals surface area contributed by atoms with Gasteiger partial charge < -0.3 is 10.1 Å². The topological polar surface area (TPSA) is 21.3 Å². The molecule has 0 amide bonds. The van der Waals surface area contributed by atoms with Gasteiger partial charge in [-0.1, -0.05) is 13.0 Å². The molecule has 3 heteroatoms. The minimum atomic E-state index is 0.277. The van der Waals surface area contributed by atoms with Crippen LogP contribution in [0.3, 0.4) is 0 Å². The standard InChI is InChI=1S/C13H23NOS/c1-4-8-14-13(11(3)15-5-2)10-12-7-6-9-16-12/h6-7,9,11,13-14H,4-5,8,10H2,1-3H3. The summed E-state index contributed by atoms with van der Waals surface area (Å²) >= 11 is 1.82. The van der Waals surface area contributed by atoms with Gasteiger partial charge in [-0.05, 0) is 44.7 Å². The Morgan fingerprint density at radius 2 is 2.25 bits per heavy atom. The van der Waals surface area contributed by atoms with E-state index in [9.17, 15) is 0 Å². The summed E-state index contributed by atoms with van der Waals surface area (Å²) in [5, 5.41) is 5.71. The molecule has 0 aliphatic carbocycles. The Bertz CT molecular complexity index is 261. The summed E-state index contributed by atoms with van der Waals surface area (Å²) in [5.41, 5.74) is 0. The maximum absolute atomic E-state index is 5.69. The summed E-state index contributed by atoms with van der Waals surface area (Å²) in [7, 11) is 0. The Balaban J connectivity index is 2.49. The molecule has 0 aromatic carbocycles. The van der Waals surface area contributed by atoms with Crippen molar-refractivity contribution in [3.63, 3.8) is 0 Å². The zero-order valence-electron chi connectivity index (χ0n) is 10.5. The first-order chi connectivity index (χ1) is 7.77. The SMILES string of the molecule is CCCNC(Cc1cccs1)C(C)OCC. The molecular weight excluding hydrogens is 218 g/mol. The molecule has 0 aliphatic rings. The van der Waals surface area contributed by atoms with E-state index >= 15 is 0 Å². The average Bonchev–Trinajstić information content (AvgIpc) is 2.77. The summed E-state index contributed by atoms with van der Waals surface area (Å²) < 4.78 is 5.69. The van der Waals surface area contributed by atoms with E-state index in [0.717, 1.165) is 19.6 Å². The highest BCUT2D eigenvalue weighted by Crippen LogP contribution is 2.14. The first-order valence-corrected chi connectivity index (χ1v) is 7.03. The number of nitrogens with one attached hydrogen (secondary N) is 1. The number of hydrogen-bond donors (Lipinski definition) is 1. The number of ether oxygens (including phenoxy) is 1. The van der Waals surface area contributed by atoms with Crippen LogP contribution in [0.2, 0.25) is 0 Å². The van der Waals surface area contributed by atoms with Crippen molar-refractivity contribution in [1.29, 1.82) is 0 Å². The Hall–Kier alpha value is -0.380. The van der Waals surface area contributed by atoms with E-state index in [1.165, 1.54) is 11.3 Å². The van der Waals surface area contributed by atoms with Crippen molar-refractivity contribution in [3.8, 4) is 0 Å². The molecule has 0 bridgehead atoms. The lowest BCUT2D eigenvalue weighted by atomic mass is 10.1. The van der Waals surface area contributed by atoms with Crippen LogP contribution in [0.1, 0.15) is 32.1 Å². The zero-order valence-corrected chi connectivity index (χ0v) is 11.3. The molecular formula is C13H23NOS. The third kappa shape index (κ3) is 4.64. The molecule has 2 atom stereocenters. The van der Waals surface area contributed by atoms with Gasteiger partial charge >= 0.3 is 0 Å². The van der Waals surface area contributed by atoms with Crippen molar-refractivity contribution in [2.24, 2.45) is 0 Å². The minimum absolute atomic E-state index is 0.277. The second-order valence-electron chi connectivity index (χ2n) is 4.00. The summed E-state index contributed by atoms with van der Waals surface area (Å²) in [6, 6.07) is 4.74. The Labute approximate surface area is 103 Å². The van der Waals surface area contributed by atoms with Crippen LogP contribution in [0.5, 0.6) is 0 Å². The minimum Gasteiger partial charge on any atom is -0.377 e. The van der Waals surface area contributed by atoms with Crippen molar-refractivity contribution < 1.29 is 4.74 Å². The molecule has 16 heavy (non-hydrogen) atoms. The quantitative estimate of drug-likeness (QED) is 0.755. The molecule has 0 saturated heterocycles. The summed E-state index contributed by atoms with van der Waals surface area (Å²) in [6.07, 6.45) is 2.51. The smallest absolute Gasteiger partial charge is 0.0703 e. The third-order valence-electron chi connectivity index (χ3n) is 2.65. The second-order valence-corrected chi connectivity index (χ2v) is 5.04. The molecule has 0 spiro atoms. The van der Waals surface area contributed by atoms with Crippen LogP contribution >= 0.6 is 11.3 Å². The largest absolute Gasteiger partial charge is 0.377 e. The fourth-order valence-corrected chi connectivity index (χ4v) is 2.52. The van der Waals surface area contributed by atoms with Crippen molar-refractivity contribution in [3.05, 3.63) is 22.4 Å². The third-order valence-corrected chi connectivity index (χ3v) is 3.55. The van der Waals surface area contributed by atoms with Crippen LogP contribution in [0.25, 0.3) is 0 Å². The first-order valence-electron chi connectivity index (χ1n) is 6.15. The van der Waals surface area contributed by atoms with Gasteiger partial charge in [-0.25, -0.2) is 0 Å². The molecule has 2 nitrogen and oxygen atoms in total. The highest BCUT2D eigenvalue weighted by atomic mass is 32.1. The van der Waals surface area contributed by atoms with Crippen molar-refractivity contribution in [2.45, 2.75) is 45.8 Å². The lowest BCUT2D eigenvalue weighted by Gasteiger charge is -2.24. The predicted octanol–water partition coefficient (Wildman–Crippen LogP) is 3.08. The zero-order chi connectivity index (χ0) is 11.8. The highest BCUT2D eigenvalue weighted by molar-refractivity contribution is 7.09. The van der Waals surface area contributed by atoms with Crippen LogP contribution in [-0.4, -0.2) is 25.3 Å². The van der Waals surface area contributed by atoms with Gasteiger partial charge in [-0.2, -0.15) is 0 Å². The molecule has 0 radical (unpaired) electrons. The lowest BCUT2D eigenvalue weighted by molar-refractivity contribution is 0.0478. The predicted molar refractivity (Wildman–Crippen MR) is 71.2 cm³/mol. The van der Waals surface area contributed by atoms with E-state index in [-0.39, 0.29) is 6.10 Å². The van der Waals surface area contributed by atoms with Crippen molar-refractivity contribution in [2.75, 3.05) is 13.2 Å². The molecule has 1 heterocycles. The second kappa shape index (κ2) is 7.82. The fraction of sp³-hybridized carbons (Fsp3) is 0.692. The fourth-order valence-electron chi connectivity index (χ4n) is 1.76. The Kier molecular flexibility index (Phi) is 6.69. The van der Waals surface area contributed by atoms with Crippen LogP contribution < -0.4 is 5.32 Å². The van der Waals surface area contributed by atoms with Gasteiger partial charge in [0.25, 0.3) is 0 Å². The summed E-state index contributed by atoms with van der Waals surface area (Å²) in [4.78, 5) is 1.43. The molecule has 1 aromatic rings. The van der Waals surface area contributed by atoms with Gasteiger partial charge in [0.15, 0.2) is 0 Å². The van der Waals surface area contributed by atoms with Gasteiger partial charge in [-0.3, -0.25) is 0 Å². The monoisotopic (exact) mass is 241 g/mol. The van der Waals surface area contributed by atoms with E-state index in [0.29, 0.717) is 6.04 Å². The van der Waals surface area contributed by atoms with E-state index in [1.807, 2.05) is 11.3 Å². The average molecular weight is 241 g/mol. The van der Waals surface area contributed by atoms with Crippen molar-refractivity contribution >= 4 is 11.3 Å². The molecule has 0 fully saturated rings. The molecule has 0 saturated carbocycles. The van der Waals surface area contributed by atoms with Crippen molar-refractivity contribution in [1.82, 2.24) is 5.32 Å². The van der Waals surface area contributed by atoms with E-state index in [2.05, 4.69) is 43.6 Å². The van der Waals surface area contributed by atoms with Gasteiger partial charge in [-0.15, -0.1) is 11.3 Å². The number of rotatable bonds is 8. The first kappa shape index (κ1) is 13.7. The summed E-state index contributed by atoms with van der Waals surface area (Å²) in [6.45, 7) is 8.26. The van der Waals surface area contributed by atoms with Crippen LogP contribution in [0.4, 0.5) is 0 Å². The van der Waals surface area contributed by atoms with E-state index < -0.39 is 0 Å². The number of hydrogen-bond acceptors (Lipinski definition) is 3. The molecule has 1 rings (SSSR count). The molecule has 92 valence electrons. The lowest BCUT2D eigenvalue weighted by Crippen LogP contribution is -2.41. The van der Waals surface area contributed by atoms with Gasteiger partial charge in [0, 0.05) is 17.5 Å². The van der Waals surface area contributed by atoms with Crippen LogP contribution in [0, 0.1) is 0 Å². The van der Waals surface area contributed by atoms with Gasteiger partial charge in [0.05, 0.1) is 6.10 Å². The Morgan fingerprint density at radius 1 is 1.44 bits per heavy atom. The Morgan fingerprint density at radius 3 is 2.81 bits per heavy atom. The molecule has 1 N–H and O–H groups in total. The molecule has 0 aliphatic heterocycles. The number of thiophene rings is 1. The highest BCUT2D eigenvalue weighted by Gasteiger charge is 2.17. The molecule has 1 aromatic heterocycles. The van der Waals surface area contributed by atoms with Gasteiger partial charge in [0.1, 0.15) is 0 Å². The van der Waals surface area contributed by atoms with Gasteiger partial charge in [0.2, 0.25) is 0 Å². The van der Waals surface area contributed by atoms with Crippen LogP contribution in [-0.2, 0) is 11.2 Å². The maximum Gasteiger partial charge on any atom is 0.0703 e. The van der Waals surface area contributed by atoms with Crippen LogP contribution in [0.15, 0.2) is 17.5 Å². The normalized spacial score (nSPS) is 14.9. The summed E-state index contributed by atoms with van der Waals surface area (Å²) in [5.74, 6) is 0. The van der Waals surface area contributed by atoms with E-state index in [1.54, 1.807) is 0 Å². The molecule has 2 unspecified atom stereocenters. The van der Waals surface area contributed by atoms with E-state index in [4.69, 9.17) is 4.74 Å².